The summed E-state index contributed by atoms with van der Waals surface area (Å²) < 4.78 is 0. The zero-order chi connectivity index (χ0) is 19.7. The van der Waals surface area contributed by atoms with E-state index < -0.39 is 0 Å². The molecule has 3 aromatic rings. The highest BCUT2D eigenvalue weighted by atomic mass is 16.2. The van der Waals surface area contributed by atoms with Crippen LogP contribution in [0, 0.1) is 6.92 Å². The number of rotatable bonds is 3. The number of carbonyl (C=O) groups excluding carboxylic acids is 1. The van der Waals surface area contributed by atoms with Crippen LogP contribution in [-0.2, 0) is 0 Å². The van der Waals surface area contributed by atoms with Crippen molar-refractivity contribution in [2.45, 2.75) is 6.92 Å². The largest absolute Gasteiger partial charge is 0.378 e. The standard InChI is InChI=1S/C23H26N4O/c1-17-16-22(24-21-7-5-4-6-20(17)21)26-12-14-27(15-13-26)23(28)18-8-10-19(11-9-18)25(2)3/h4-11,16H,12-15H2,1-3H3. The van der Waals surface area contributed by atoms with Crippen molar-refractivity contribution in [3.05, 3.63) is 65.7 Å². The van der Waals surface area contributed by atoms with Crippen LogP contribution >= 0.6 is 0 Å². The van der Waals surface area contributed by atoms with Gasteiger partial charge < -0.3 is 14.7 Å². The Morgan fingerprint density at radius 3 is 2.32 bits per heavy atom. The Morgan fingerprint density at radius 2 is 1.64 bits per heavy atom. The second kappa shape index (κ2) is 7.50. The van der Waals surface area contributed by atoms with Gasteiger partial charge in [0.15, 0.2) is 0 Å². The molecular weight excluding hydrogens is 348 g/mol. The molecule has 1 aliphatic rings. The Hall–Kier alpha value is -3.08. The molecule has 5 nitrogen and oxygen atoms in total. The second-order valence-electron chi connectivity index (χ2n) is 7.54. The molecule has 144 valence electrons. The van der Waals surface area contributed by atoms with E-state index in [1.165, 1.54) is 10.9 Å². The molecule has 0 aliphatic carbocycles. The van der Waals surface area contributed by atoms with Crippen LogP contribution in [0.4, 0.5) is 11.5 Å². The maximum absolute atomic E-state index is 12.8. The molecule has 28 heavy (non-hydrogen) atoms. The summed E-state index contributed by atoms with van der Waals surface area (Å²) in [7, 11) is 4.00. The zero-order valence-electron chi connectivity index (χ0n) is 16.7. The summed E-state index contributed by atoms with van der Waals surface area (Å²) in [6.45, 7) is 5.15. The number of nitrogens with zero attached hydrogens (tertiary/aromatic N) is 4. The predicted octanol–water partition coefficient (Wildman–Crippen LogP) is 3.57. The molecule has 0 saturated carbocycles. The first kappa shape index (κ1) is 18.3. The molecule has 0 N–H and O–H groups in total. The average Bonchev–Trinajstić information content (AvgIpc) is 2.73. The minimum Gasteiger partial charge on any atom is -0.378 e. The van der Waals surface area contributed by atoms with Crippen molar-refractivity contribution in [3.8, 4) is 0 Å². The number of piperazine rings is 1. The van der Waals surface area contributed by atoms with Crippen molar-refractivity contribution in [1.82, 2.24) is 9.88 Å². The Kier molecular flexibility index (Phi) is 4.90. The lowest BCUT2D eigenvalue weighted by Gasteiger charge is -2.35. The highest BCUT2D eigenvalue weighted by Gasteiger charge is 2.23. The number of amides is 1. The van der Waals surface area contributed by atoms with Gasteiger partial charge in [-0.1, -0.05) is 18.2 Å². The van der Waals surface area contributed by atoms with E-state index in [4.69, 9.17) is 4.98 Å². The van der Waals surface area contributed by atoms with E-state index in [0.717, 1.165) is 35.7 Å². The van der Waals surface area contributed by atoms with E-state index in [0.29, 0.717) is 13.1 Å². The van der Waals surface area contributed by atoms with Gasteiger partial charge in [0, 0.05) is 56.9 Å². The average molecular weight is 374 g/mol. The van der Waals surface area contributed by atoms with E-state index in [9.17, 15) is 4.79 Å². The van der Waals surface area contributed by atoms with Crippen LogP contribution in [0.2, 0.25) is 0 Å². The lowest BCUT2D eigenvalue weighted by molar-refractivity contribution is 0.0746. The molecule has 0 atom stereocenters. The van der Waals surface area contributed by atoms with E-state index in [1.807, 2.05) is 60.3 Å². The molecule has 0 spiro atoms. The van der Waals surface area contributed by atoms with Crippen LogP contribution < -0.4 is 9.80 Å². The van der Waals surface area contributed by atoms with Gasteiger partial charge in [-0.2, -0.15) is 0 Å². The van der Waals surface area contributed by atoms with Crippen molar-refractivity contribution in [1.29, 1.82) is 0 Å². The summed E-state index contributed by atoms with van der Waals surface area (Å²) in [5.41, 5.74) is 4.11. The number of anilines is 2. The minimum absolute atomic E-state index is 0.104. The van der Waals surface area contributed by atoms with Gasteiger partial charge in [-0.15, -0.1) is 0 Å². The quantitative estimate of drug-likeness (QED) is 0.703. The molecule has 1 saturated heterocycles. The van der Waals surface area contributed by atoms with Crippen LogP contribution in [0.5, 0.6) is 0 Å². The van der Waals surface area contributed by atoms with Crippen LogP contribution in [-0.4, -0.2) is 56.1 Å². The van der Waals surface area contributed by atoms with Gasteiger partial charge in [0.2, 0.25) is 0 Å². The van der Waals surface area contributed by atoms with Crippen molar-refractivity contribution in [2.75, 3.05) is 50.1 Å². The van der Waals surface area contributed by atoms with Gasteiger partial charge in [0.05, 0.1) is 5.52 Å². The van der Waals surface area contributed by atoms with Crippen LogP contribution in [0.15, 0.2) is 54.6 Å². The second-order valence-corrected chi connectivity index (χ2v) is 7.54. The van der Waals surface area contributed by atoms with Crippen molar-refractivity contribution in [2.24, 2.45) is 0 Å². The lowest BCUT2D eigenvalue weighted by Crippen LogP contribution is -2.49. The number of hydrogen-bond acceptors (Lipinski definition) is 4. The summed E-state index contributed by atoms with van der Waals surface area (Å²) in [5.74, 6) is 1.10. The predicted molar refractivity (Wildman–Crippen MR) is 115 cm³/mol. The van der Waals surface area contributed by atoms with Crippen molar-refractivity contribution in [3.63, 3.8) is 0 Å². The molecule has 1 aromatic heterocycles. The number of benzene rings is 2. The summed E-state index contributed by atoms with van der Waals surface area (Å²) in [5, 5.41) is 1.20. The zero-order valence-corrected chi connectivity index (χ0v) is 16.7. The third-order valence-electron chi connectivity index (χ3n) is 5.43. The van der Waals surface area contributed by atoms with Gasteiger partial charge in [-0.25, -0.2) is 4.98 Å². The van der Waals surface area contributed by atoms with Crippen molar-refractivity contribution >= 4 is 28.3 Å². The van der Waals surface area contributed by atoms with Crippen molar-refractivity contribution < 1.29 is 4.79 Å². The maximum atomic E-state index is 12.8. The molecule has 5 heteroatoms. The van der Waals surface area contributed by atoms with Crippen LogP contribution in [0.3, 0.4) is 0 Å². The molecule has 2 heterocycles. The minimum atomic E-state index is 0.104. The number of para-hydroxylation sites is 1. The third kappa shape index (κ3) is 3.52. The van der Waals surface area contributed by atoms with Gasteiger partial charge in [-0.05, 0) is 48.9 Å². The molecule has 1 aliphatic heterocycles. The number of hydrogen-bond donors (Lipinski definition) is 0. The van der Waals surface area contributed by atoms with Gasteiger partial charge in [0.25, 0.3) is 5.91 Å². The van der Waals surface area contributed by atoms with E-state index in [2.05, 4.69) is 30.0 Å². The molecule has 0 unspecified atom stereocenters. The fourth-order valence-electron chi connectivity index (χ4n) is 3.72. The van der Waals surface area contributed by atoms with E-state index in [-0.39, 0.29) is 5.91 Å². The third-order valence-corrected chi connectivity index (χ3v) is 5.43. The maximum Gasteiger partial charge on any atom is 0.253 e. The Labute approximate surface area is 166 Å². The first-order chi connectivity index (χ1) is 13.5. The summed E-state index contributed by atoms with van der Waals surface area (Å²) >= 11 is 0. The van der Waals surface area contributed by atoms with E-state index >= 15 is 0 Å². The fourth-order valence-corrected chi connectivity index (χ4v) is 3.72. The summed E-state index contributed by atoms with van der Waals surface area (Å²) in [6.07, 6.45) is 0. The number of aromatic nitrogens is 1. The van der Waals surface area contributed by atoms with Gasteiger partial charge in [-0.3, -0.25) is 4.79 Å². The Balaban J connectivity index is 1.45. The van der Waals surface area contributed by atoms with Gasteiger partial charge >= 0.3 is 0 Å². The highest BCUT2D eigenvalue weighted by molar-refractivity contribution is 5.94. The molecule has 1 amide bonds. The highest BCUT2D eigenvalue weighted by Crippen LogP contribution is 2.23. The van der Waals surface area contributed by atoms with Gasteiger partial charge in [0.1, 0.15) is 5.82 Å². The van der Waals surface area contributed by atoms with Crippen LogP contribution in [0.1, 0.15) is 15.9 Å². The monoisotopic (exact) mass is 374 g/mol. The normalized spacial score (nSPS) is 14.4. The molecular formula is C23H26N4O. The topological polar surface area (TPSA) is 39.7 Å². The SMILES string of the molecule is Cc1cc(N2CCN(C(=O)c3ccc(N(C)C)cc3)CC2)nc2ccccc12. The van der Waals surface area contributed by atoms with Crippen LogP contribution in [0.25, 0.3) is 10.9 Å². The first-order valence-electron chi connectivity index (χ1n) is 9.71. The molecule has 0 bridgehead atoms. The number of pyridine rings is 1. The molecule has 1 fully saturated rings. The lowest BCUT2D eigenvalue weighted by atomic mass is 10.1. The summed E-state index contributed by atoms with van der Waals surface area (Å²) in [6, 6.07) is 18.2. The Morgan fingerprint density at radius 1 is 0.964 bits per heavy atom. The number of fused-ring (bicyclic) bond motifs is 1. The molecule has 2 aromatic carbocycles. The first-order valence-corrected chi connectivity index (χ1v) is 9.71. The number of aryl methyl sites for hydroxylation is 1. The summed E-state index contributed by atoms with van der Waals surface area (Å²) in [4.78, 5) is 23.9. The molecule has 4 rings (SSSR count). The number of carbonyl (C=O) groups is 1. The smallest absolute Gasteiger partial charge is 0.253 e. The molecule has 0 radical (unpaired) electrons. The fraction of sp³-hybridized carbons (Fsp3) is 0.304. The van der Waals surface area contributed by atoms with E-state index in [1.54, 1.807) is 0 Å². The Bertz CT molecular complexity index is 989.